The molecule has 1 atom stereocenters. The molecule has 0 aromatic carbocycles. The molecule has 0 fully saturated rings. The van der Waals surface area contributed by atoms with Gasteiger partial charge in [-0.25, -0.2) is 0 Å². The largest absolute Gasteiger partial charge is 0.320 e. The lowest BCUT2D eigenvalue weighted by atomic mass is 10.3. The summed E-state index contributed by atoms with van der Waals surface area (Å²) >= 11 is 0. The molecule has 2 N–H and O–H groups in total. The lowest BCUT2D eigenvalue weighted by Gasteiger charge is -1.87. The molecule has 37 valence electrons. The molecular formula is C4H5N2O. The monoisotopic (exact) mass is 97.0 g/mol. The van der Waals surface area contributed by atoms with Gasteiger partial charge in [0.15, 0.2) is 0 Å². The van der Waals surface area contributed by atoms with Crippen LogP contribution in [0.3, 0.4) is 0 Å². The molecule has 0 aliphatic carbocycles. The summed E-state index contributed by atoms with van der Waals surface area (Å²) in [6.07, 6.45) is 1.53. The molecule has 0 saturated carbocycles. The smallest absolute Gasteiger partial charge is 0.217 e. The molecular weight excluding hydrogens is 92.1 g/mol. The second-order valence-corrected chi connectivity index (χ2v) is 1.09. The third-order valence-electron chi connectivity index (χ3n) is 0.463. The number of nitriles is 1. The fourth-order valence-corrected chi connectivity index (χ4v) is 0.140. The van der Waals surface area contributed by atoms with Crippen molar-refractivity contribution in [1.82, 2.24) is 0 Å². The molecule has 1 unspecified atom stereocenters. The Kier molecular flexibility index (Phi) is 2.90. The van der Waals surface area contributed by atoms with Crippen LogP contribution in [-0.2, 0) is 4.79 Å². The number of hydrogen-bond donors (Lipinski definition) is 1. The van der Waals surface area contributed by atoms with Crippen molar-refractivity contribution in [2.45, 2.75) is 12.5 Å². The number of carbonyl (C=O) groups excluding carboxylic acids is 1. The molecule has 1 radical (unpaired) electrons. The van der Waals surface area contributed by atoms with Crippen LogP contribution in [0.15, 0.2) is 0 Å². The lowest BCUT2D eigenvalue weighted by Crippen LogP contribution is -2.19. The lowest BCUT2D eigenvalue weighted by molar-refractivity contribution is 0.542. The van der Waals surface area contributed by atoms with Crippen molar-refractivity contribution < 1.29 is 4.79 Å². The maximum Gasteiger partial charge on any atom is 0.217 e. The predicted molar refractivity (Wildman–Crippen MR) is 23.9 cm³/mol. The normalized spacial score (nSPS) is 12.0. The van der Waals surface area contributed by atoms with Crippen molar-refractivity contribution >= 4 is 6.29 Å². The van der Waals surface area contributed by atoms with Crippen molar-refractivity contribution in [3.05, 3.63) is 0 Å². The van der Waals surface area contributed by atoms with E-state index >= 15 is 0 Å². The Morgan fingerprint density at radius 3 is 2.57 bits per heavy atom. The van der Waals surface area contributed by atoms with Gasteiger partial charge in [-0.1, -0.05) is 0 Å². The molecule has 0 rings (SSSR count). The summed E-state index contributed by atoms with van der Waals surface area (Å²) in [5, 5.41) is 7.86. The van der Waals surface area contributed by atoms with Crippen LogP contribution in [0.2, 0.25) is 0 Å². The highest BCUT2D eigenvalue weighted by Gasteiger charge is 1.95. The van der Waals surface area contributed by atoms with Gasteiger partial charge in [0.25, 0.3) is 0 Å². The van der Waals surface area contributed by atoms with Gasteiger partial charge in [0.1, 0.15) is 0 Å². The zero-order chi connectivity index (χ0) is 5.70. The van der Waals surface area contributed by atoms with Crippen molar-refractivity contribution in [2.24, 2.45) is 5.73 Å². The van der Waals surface area contributed by atoms with Gasteiger partial charge in [0, 0.05) is 0 Å². The van der Waals surface area contributed by atoms with Crippen LogP contribution in [0.25, 0.3) is 0 Å². The highest BCUT2D eigenvalue weighted by molar-refractivity contribution is 5.58. The van der Waals surface area contributed by atoms with Gasteiger partial charge in [-0.15, -0.1) is 0 Å². The fraction of sp³-hybridized carbons (Fsp3) is 0.500. The number of rotatable bonds is 2. The minimum atomic E-state index is -0.718. The molecule has 0 amide bonds. The third-order valence-corrected chi connectivity index (χ3v) is 0.463. The van der Waals surface area contributed by atoms with E-state index in [1.165, 1.54) is 6.29 Å². The van der Waals surface area contributed by atoms with Gasteiger partial charge in [-0.3, -0.25) is 4.79 Å². The Morgan fingerprint density at radius 1 is 1.86 bits per heavy atom. The van der Waals surface area contributed by atoms with E-state index in [1.807, 2.05) is 0 Å². The van der Waals surface area contributed by atoms with Gasteiger partial charge in [-0.05, 0) is 0 Å². The molecule has 0 aliphatic heterocycles. The molecule has 0 aliphatic rings. The first kappa shape index (κ1) is 6.12. The number of hydrogen-bond acceptors (Lipinski definition) is 3. The van der Waals surface area contributed by atoms with Crippen molar-refractivity contribution in [3.8, 4) is 6.07 Å². The molecule has 0 spiro atoms. The first-order chi connectivity index (χ1) is 3.31. The van der Waals surface area contributed by atoms with E-state index < -0.39 is 6.04 Å². The van der Waals surface area contributed by atoms with Crippen LogP contribution in [0.5, 0.6) is 0 Å². The molecule has 7 heavy (non-hydrogen) atoms. The third kappa shape index (κ3) is 2.94. The average Bonchev–Trinajstić information content (AvgIpc) is 1.68. The van der Waals surface area contributed by atoms with Crippen LogP contribution >= 0.6 is 0 Å². The average molecular weight is 97.1 g/mol. The molecule has 3 heteroatoms. The second-order valence-electron chi connectivity index (χ2n) is 1.09. The van der Waals surface area contributed by atoms with Crippen LogP contribution in [0, 0.1) is 11.3 Å². The van der Waals surface area contributed by atoms with Crippen LogP contribution in [-0.4, -0.2) is 12.3 Å². The second kappa shape index (κ2) is 3.32. The summed E-state index contributed by atoms with van der Waals surface area (Å²) in [7, 11) is 0. The Bertz CT molecular complexity index is 94.4. The number of nitrogens with two attached hydrogens (primary N) is 1. The van der Waals surface area contributed by atoms with E-state index in [9.17, 15) is 4.79 Å². The number of nitrogens with zero attached hydrogens (tertiary/aromatic N) is 1. The van der Waals surface area contributed by atoms with Gasteiger partial charge in [-0.2, -0.15) is 5.26 Å². The quantitative estimate of drug-likeness (QED) is 0.497. The summed E-state index contributed by atoms with van der Waals surface area (Å²) in [4.78, 5) is 9.49. The van der Waals surface area contributed by atoms with Crippen LogP contribution in [0.4, 0.5) is 0 Å². The van der Waals surface area contributed by atoms with Gasteiger partial charge in [0.2, 0.25) is 6.29 Å². The Morgan fingerprint density at radius 2 is 2.43 bits per heavy atom. The zero-order valence-electron chi connectivity index (χ0n) is 3.72. The summed E-state index contributed by atoms with van der Waals surface area (Å²) in [5.41, 5.74) is 4.94. The Balaban J connectivity index is 3.21. The van der Waals surface area contributed by atoms with Gasteiger partial charge in [0.05, 0.1) is 18.5 Å². The molecule has 0 saturated heterocycles. The summed E-state index contributed by atoms with van der Waals surface area (Å²) < 4.78 is 0. The van der Waals surface area contributed by atoms with E-state index in [1.54, 1.807) is 6.07 Å². The highest BCUT2D eigenvalue weighted by Crippen LogP contribution is 1.76. The highest BCUT2D eigenvalue weighted by atomic mass is 16.1. The molecule has 0 bridgehead atoms. The Hall–Kier alpha value is -0.880. The molecule has 0 aromatic rings. The fourth-order valence-electron chi connectivity index (χ4n) is 0.140. The van der Waals surface area contributed by atoms with E-state index in [4.69, 9.17) is 11.0 Å². The van der Waals surface area contributed by atoms with Crippen molar-refractivity contribution in [2.75, 3.05) is 0 Å². The Labute approximate surface area is 41.7 Å². The summed E-state index contributed by atoms with van der Waals surface area (Å²) in [5.74, 6) is 0. The maximum absolute atomic E-state index is 9.49. The minimum Gasteiger partial charge on any atom is -0.320 e. The first-order valence-electron chi connectivity index (χ1n) is 1.81. The zero-order valence-corrected chi connectivity index (χ0v) is 3.72. The van der Waals surface area contributed by atoms with Gasteiger partial charge < -0.3 is 5.73 Å². The summed E-state index contributed by atoms with van der Waals surface area (Å²) in [6.45, 7) is 0. The molecule has 3 nitrogen and oxygen atoms in total. The van der Waals surface area contributed by atoms with Crippen LogP contribution in [0.1, 0.15) is 6.42 Å². The SMILES string of the molecule is N#CCC(N)[C]=O. The van der Waals surface area contributed by atoms with Gasteiger partial charge >= 0.3 is 0 Å². The summed E-state index contributed by atoms with van der Waals surface area (Å²) in [6, 6.07) is 1.01. The van der Waals surface area contributed by atoms with Crippen molar-refractivity contribution in [3.63, 3.8) is 0 Å². The van der Waals surface area contributed by atoms with E-state index in [0.29, 0.717) is 0 Å². The van der Waals surface area contributed by atoms with Crippen molar-refractivity contribution in [1.29, 1.82) is 5.26 Å². The topological polar surface area (TPSA) is 66.9 Å². The van der Waals surface area contributed by atoms with E-state index in [0.717, 1.165) is 0 Å². The van der Waals surface area contributed by atoms with E-state index in [-0.39, 0.29) is 6.42 Å². The van der Waals surface area contributed by atoms with Crippen LogP contribution < -0.4 is 5.73 Å². The first-order valence-corrected chi connectivity index (χ1v) is 1.81. The molecule has 0 aromatic heterocycles. The van der Waals surface area contributed by atoms with E-state index in [2.05, 4.69) is 0 Å². The predicted octanol–water partition coefficient (Wildman–Crippen LogP) is -0.663. The maximum atomic E-state index is 9.49. The standard InChI is InChI=1S/C4H5N2O/c5-2-1-4(6)3-7/h4H,1,6H2. The molecule has 0 heterocycles. The minimum absolute atomic E-state index is 0.0590.